The Bertz CT molecular complexity index is 429. The van der Waals surface area contributed by atoms with E-state index < -0.39 is 0 Å². The summed E-state index contributed by atoms with van der Waals surface area (Å²) in [7, 11) is 0. The van der Waals surface area contributed by atoms with Crippen LogP contribution in [-0.2, 0) is 6.54 Å². The summed E-state index contributed by atoms with van der Waals surface area (Å²) in [5, 5.41) is 3.16. The van der Waals surface area contributed by atoms with Gasteiger partial charge in [0.1, 0.15) is 18.0 Å². The lowest BCUT2D eigenvalue weighted by Crippen LogP contribution is -2.04. The number of aryl methyl sites for hydroxylation is 1. The van der Waals surface area contributed by atoms with Crippen LogP contribution in [0.1, 0.15) is 11.5 Å². The molecule has 0 aliphatic heterocycles. The Morgan fingerprint density at radius 3 is 2.87 bits per heavy atom. The molecule has 0 radical (unpaired) electrons. The van der Waals surface area contributed by atoms with Crippen molar-refractivity contribution in [1.29, 1.82) is 0 Å². The molecule has 0 aliphatic rings. The van der Waals surface area contributed by atoms with Gasteiger partial charge in [-0.25, -0.2) is 19.9 Å². The second-order valence-electron chi connectivity index (χ2n) is 3.04. The topological polar surface area (TPSA) is 63.6 Å². The van der Waals surface area contributed by atoms with E-state index in [2.05, 4.69) is 25.3 Å². The SMILES string of the molecule is Cc1nccc(NCc2ccncn2)n1. The molecule has 0 bridgehead atoms. The number of hydrogen-bond acceptors (Lipinski definition) is 5. The van der Waals surface area contributed by atoms with Gasteiger partial charge < -0.3 is 5.32 Å². The van der Waals surface area contributed by atoms with Gasteiger partial charge in [-0.2, -0.15) is 0 Å². The van der Waals surface area contributed by atoms with Crippen LogP contribution < -0.4 is 5.32 Å². The smallest absolute Gasteiger partial charge is 0.129 e. The largest absolute Gasteiger partial charge is 0.364 e. The van der Waals surface area contributed by atoms with Crippen molar-refractivity contribution in [2.24, 2.45) is 0 Å². The van der Waals surface area contributed by atoms with Gasteiger partial charge in [0.15, 0.2) is 0 Å². The maximum absolute atomic E-state index is 4.22. The zero-order chi connectivity index (χ0) is 10.5. The summed E-state index contributed by atoms with van der Waals surface area (Å²) in [4.78, 5) is 16.2. The Morgan fingerprint density at radius 2 is 2.13 bits per heavy atom. The molecule has 2 rings (SSSR count). The number of nitrogens with one attached hydrogen (secondary N) is 1. The van der Waals surface area contributed by atoms with Crippen molar-refractivity contribution < 1.29 is 0 Å². The molecule has 0 saturated carbocycles. The quantitative estimate of drug-likeness (QED) is 0.808. The van der Waals surface area contributed by atoms with Crippen molar-refractivity contribution in [3.63, 3.8) is 0 Å². The fourth-order valence-electron chi connectivity index (χ4n) is 1.16. The van der Waals surface area contributed by atoms with Crippen LogP contribution in [0.15, 0.2) is 30.9 Å². The lowest BCUT2D eigenvalue weighted by Gasteiger charge is -2.04. The van der Waals surface area contributed by atoms with Crippen molar-refractivity contribution in [2.75, 3.05) is 5.32 Å². The van der Waals surface area contributed by atoms with E-state index in [0.29, 0.717) is 6.54 Å². The van der Waals surface area contributed by atoms with Crippen molar-refractivity contribution in [3.8, 4) is 0 Å². The fraction of sp³-hybridized carbons (Fsp3) is 0.200. The van der Waals surface area contributed by atoms with Crippen LogP contribution in [0, 0.1) is 6.92 Å². The molecule has 2 aromatic heterocycles. The molecule has 5 nitrogen and oxygen atoms in total. The molecule has 0 unspecified atom stereocenters. The first-order valence-corrected chi connectivity index (χ1v) is 4.63. The van der Waals surface area contributed by atoms with Crippen LogP contribution in [0.25, 0.3) is 0 Å². The molecule has 0 atom stereocenters. The Labute approximate surface area is 87.6 Å². The molecule has 5 heteroatoms. The Hall–Kier alpha value is -2.04. The first-order chi connectivity index (χ1) is 7.34. The molecule has 76 valence electrons. The predicted octanol–water partition coefficient (Wildman–Crippen LogP) is 1.19. The minimum Gasteiger partial charge on any atom is -0.364 e. The highest BCUT2D eigenvalue weighted by atomic mass is 15.0. The first kappa shape index (κ1) is 9.51. The van der Waals surface area contributed by atoms with Crippen molar-refractivity contribution >= 4 is 5.82 Å². The predicted molar refractivity (Wildman–Crippen MR) is 56.1 cm³/mol. The third-order valence-corrected chi connectivity index (χ3v) is 1.87. The summed E-state index contributed by atoms with van der Waals surface area (Å²) in [5.74, 6) is 1.56. The van der Waals surface area contributed by atoms with Crippen LogP contribution >= 0.6 is 0 Å². The standard InChI is InChI=1S/C10H11N5/c1-8-12-5-3-10(15-8)13-6-9-2-4-11-7-14-9/h2-5,7H,6H2,1H3,(H,12,13,15). The first-order valence-electron chi connectivity index (χ1n) is 4.63. The number of anilines is 1. The highest BCUT2D eigenvalue weighted by Crippen LogP contribution is 2.03. The van der Waals surface area contributed by atoms with Gasteiger partial charge in [0.05, 0.1) is 12.2 Å². The zero-order valence-electron chi connectivity index (χ0n) is 8.38. The van der Waals surface area contributed by atoms with Gasteiger partial charge >= 0.3 is 0 Å². The summed E-state index contributed by atoms with van der Waals surface area (Å²) in [6.45, 7) is 2.49. The Balaban J connectivity index is 1.99. The van der Waals surface area contributed by atoms with E-state index >= 15 is 0 Å². The summed E-state index contributed by atoms with van der Waals surface area (Å²) in [6, 6.07) is 3.69. The molecule has 0 fully saturated rings. The Kier molecular flexibility index (Phi) is 2.82. The summed E-state index contributed by atoms with van der Waals surface area (Å²) in [6.07, 6.45) is 4.97. The van der Waals surface area contributed by atoms with E-state index in [1.54, 1.807) is 12.4 Å². The van der Waals surface area contributed by atoms with E-state index in [1.807, 2.05) is 19.1 Å². The molecule has 2 heterocycles. The zero-order valence-corrected chi connectivity index (χ0v) is 8.38. The van der Waals surface area contributed by atoms with E-state index in [9.17, 15) is 0 Å². The molecule has 15 heavy (non-hydrogen) atoms. The van der Waals surface area contributed by atoms with Crippen LogP contribution in [0.2, 0.25) is 0 Å². The minimum atomic E-state index is 0.638. The van der Waals surface area contributed by atoms with E-state index in [1.165, 1.54) is 6.33 Å². The summed E-state index contributed by atoms with van der Waals surface area (Å²) < 4.78 is 0. The molecule has 2 aromatic rings. The highest BCUT2D eigenvalue weighted by Gasteiger charge is 1.96. The van der Waals surface area contributed by atoms with Gasteiger partial charge in [-0.1, -0.05) is 0 Å². The van der Waals surface area contributed by atoms with Gasteiger partial charge in [0.25, 0.3) is 0 Å². The fourth-order valence-corrected chi connectivity index (χ4v) is 1.16. The molecule has 1 N–H and O–H groups in total. The van der Waals surface area contributed by atoms with Crippen LogP contribution in [0.5, 0.6) is 0 Å². The second-order valence-corrected chi connectivity index (χ2v) is 3.04. The number of rotatable bonds is 3. The molecule has 0 aromatic carbocycles. The van der Waals surface area contributed by atoms with Crippen LogP contribution in [0.3, 0.4) is 0 Å². The number of hydrogen-bond donors (Lipinski definition) is 1. The van der Waals surface area contributed by atoms with Gasteiger partial charge in [-0.05, 0) is 19.1 Å². The van der Waals surface area contributed by atoms with Crippen molar-refractivity contribution in [1.82, 2.24) is 19.9 Å². The van der Waals surface area contributed by atoms with E-state index in [4.69, 9.17) is 0 Å². The van der Waals surface area contributed by atoms with E-state index in [0.717, 1.165) is 17.3 Å². The molecular formula is C10H11N5. The van der Waals surface area contributed by atoms with Gasteiger partial charge in [-0.15, -0.1) is 0 Å². The van der Waals surface area contributed by atoms with Crippen molar-refractivity contribution in [3.05, 3.63) is 42.4 Å². The monoisotopic (exact) mass is 201 g/mol. The molecular weight excluding hydrogens is 190 g/mol. The third-order valence-electron chi connectivity index (χ3n) is 1.87. The van der Waals surface area contributed by atoms with Gasteiger partial charge in [0, 0.05) is 12.4 Å². The summed E-state index contributed by atoms with van der Waals surface area (Å²) >= 11 is 0. The lowest BCUT2D eigenvalue weighted by atomic mass is 10.4. The Morgan fingerprint density at radius 1 is 1.20 bits per heavy atom. The molecule has 0 saturated heterocycles. The molecule has 0 amide bonds. The number of nitrogens with zero attached hydrogens (tertiary/aromatic N) is 4. The molecule has 0 spiro atoms. The van der Waals surface area contributed by atoms with E-state index in [-0.39, 0.29) is 0 Å². The number of aromatic nitrogens is 4. The van der Waals surface area contributed by atoms with Crippen LogP contribution in [0.4, 0.5) is 5.82 Å². The average molecular weight is 201 g/mol. The molecule has 0 aliphatic carbocycles. The van der Waals surface area contributed by atoms with Crippen LogP contribution in [-0.4, -0.2) is 19.9 Å². The lowest BCUT2D eigenvalue weighted by molar-refractivity contribution is 0.976. The minimum absolute atomic E-state index is 0.638. The average Bonchev–Trinajstić information content (AvgIpc) is 2.28. The van der Waals surface area contributed by atoms with Gasteiger partial charge in [0.2, 0.25) is 0 Å². The maximum atomic E-state index is 4.22. The third kappa shape index (κ3) is 2.70. The highest BCUT2D eigenvalue weighted by molar-refractivity contribution is 5.33. The van der Waals surface area contributed by atoms with Gasteiger partial charge in [-0.3, -0.25) is 0 Å². The van der Waals surface area contributed by atoms with Crippen molar-refractivity contribution in [2.45, 2.75) is 13.5 Å². The summed E-state index contributed by atoms with van der Waals surface area (Å²) in [5.41, 5.74) is 0.932. The second kappa shape index (κ2) is 4.45. The normalized spacial score (nSPS) is 9.93. The maximum Gasteiger partial charge on any atom is 0.129 e.